The van der Waals surface area contributed by atoms with E-state index in [4.69, 9.17) is 0 Å². The number of halogens is 1. The number of aromatic nitrogens is 2. The fourth-order valence-corrected chi connectivity index (χ4v) is 2.26. The SMILES string of the molecule is CC1CCc2nc(C=O)c(Br)n2C1. The van der Waals surface area contributed by atoms with Crippen LogP contribution in [0.3, 0.4) is 0 Å². The maximum absolute atomic E-state index is 10.6. The van der Waals surface area contributed by atoms with Crippen molar-refractivity contribution in [3.63, 3.8) is 0 Å². The van der Waals surface area contributed by atoms with Gasteiger partial charge in [0, 0.05) is 13.0 Å². The molecule has 1 aliphatic heterocycles. The molecular weight excluding hydrogens is 232 g/mol. The van der Waals surface area contributed by atoms with Crippen molar-refractivity contribution < 1.29 is 4.79 Å². The summed E-state index contributed by atoms with van der Waals surface area (Å²) in [6.45, 7) is 3.19. The molecule has 0 saturated heterocycles. The van der Waals surface area contributed by atoms with Gasteiger partial charge in [0.05, 0.1) is 0 Å². The molecule has 1 atom stereocenters. The Morgan fingerprint density at radius 1 is 1.69 bits per heavy atom. The molecule has 0 aromatic carbocycles. The first kappa shape index (κ1) is 8.94. The number of rotatable bonds is 1. The summed E-state index contributed by atoms with van der Waals surface area (Å²) in [6.07, 6.45) is 2.95. The van der Waals surface area contributed by atoms with Crippen LogP contribution in [0.5, 0.6) is 0 Å². The third kappa shape index (κ3) is 1.43. The Morgan fingerprint density at radius 3 is 3.15 bits per heavy atom. The summed E-state index contributed by atoms with van der Waals surface area (Å²) >= 11 is 3.39. The molecule has 0 bridgehead atoms. The molecule has 0 N–H and O–H groups in total. The number of carbonyl (C=O) groups is 1. The molecule has 3 nitrogen and oxygen atoms in total. The number of carbonyl (C=O) groups excluding carboxylic acids is 1. The van der Waals surface area contributed by atoms with Crippen LogP contribution in [0.2, 0.25) is 0 Å². The van der Waals surface area contributed by atoms with Gasteiger partial charge in [0.1, 0.15) is 16.1 Å². The number of aryl methyl sites for hydroxylation is 1. The predicted molar refractivity (Wildman–Crippen MR) is 52.8 cm³/mol. The number of aldehydes is 1. The quantitative estimate of drug-likeness (QED) is 0.707. The molecule has 13 heavy (non-hydrogen) atoms. The van der Waals surface area contributed by atoms with Gasteiger partial charge in [-0.05, 0) is 28.3 Å². The van der Waals surface area contributed by atoms with Crippen LogP contribution >= 0.6 is 15.9 Å². The predicted octanol–water partition coefficient (Wildman–Crippen LogP) is 2.04. The van der Waals surface area contributed by atoms with Gasteiger partial charge in [-0.1, -0.05) is 6.92 Å². The van der Waals surface area contributed by atoms with E-state index in [9.17, 15) is 4.79 Å². The largest absolute Gasteiger partial charge is 0.322 e. The van der Waals surface area contributed by atoms with Gasteiger partial charge in [-0.2, -0.15) is 0 Å². The number of hydrogen-bond acceptors (Lipinski definition) is 2. The molecular formula is C9H11BrN2O. The van der Waals surface area contributed by atoms with Gasteiger partial charge in [0.15, 0.2) is 6.29 Å². The molecule has 0 fully saturated rings. The minimum absolute atomic E-state index is 0.532. The first-order valence-electron chi connectivity index (χ1n) is 4.42. The topological polar surface area (TPSA) is 34.9 Å². The van der Waals surface area contributed by atoms with Crippen LogP contribution in [0.15, 0.2) is 4.60 Å². The zero-order valence-electron chi connectivity index (χ0n) is 7.46. The van der Waals surface area contributed by atoms with Gasteiger partial charge in [0.2, 0.25) is 0 Å². The van der Waals surface area contributed by atoms with Gasteiger partial charge >= 0.3 is 0 Å². The van der Waals surface area contributed by atoms with Crippen molar-refractivity contribution in [2.45, 2.75) is 26.3 Å². The fraction of sp³-hybridized carbons (Fsp3) is 0.556. The van der Waals surface area contributed by atoms with Gasteiger partial charge in [-0.15, -0.1) is 0 Å². The molecule has 1 unspecified atom stereocenters. The highest BCUT2D eigenvalue weighted by Gasteiger charge is 2.20. The Kier molecular flexibility index (Phi) is 2.24. The Hall–Kier alpha value is -0.640. The van der Waals surface area contributed by atoms with Gasteiger partial charge in [-0.3, -0.25) is 4.79 Å². The minimum atomic E-state index is 0.532. The Balaban J connectivity index is 2.45. The lowest BCUT2D eigenvalue weighted by Gasteiger charge is -2.20. The van der Waals surface area contributed by atoms with Crippen molar-refractivity contribution in [2.75, 3.05) is 0 Å². The number of nitrogens with zero attached hydrogens (tertiary/aromatic N) is 2. The second-order valence-electron chi connectivity index (χ2n) is 3.58. The van der Waals surface area contributed by atoms with Crippen LogP contribution in [0, 0.1) is 5.92 Å². The summed E-state index contributed by atoms with van der Waals surface area (Å²) in [6, 6.07) is 0. The van der Waals surface area contributed by atoms with E-state index in [0.717, 1.165) is 29.7 Å². The highest BCUT2D eigenvalue weighted by atomic mass is 79.9. The van der Waals surface area contributed by atoms with Crippen LogP contribution in [0.25, 0.3) is 0 Å². The molecule has 2 rings (SSSR count). The summed E-state index contributed by atoms with van der Waals surface area (Å²) in [7, 11) is 0. The van der Waals surface area contributed by atoms with Crippen molar-refractivity contribution in [2.24, 2.45) is 5.92 Å². The summed E-state index contributed by atoms with van der Waals surface area (Å²) < 4.78 is 2.93. The number of fused-ring (bicyclic) bond motifs is 1. The van der Waals surface area contributed by atoms with Gasteiger partial charge in [-0.25, -0.2) is 4.98 Å². The van der Waals surface area contributed by atoms with Crippen molar-refractivity contribution in [3.05, 3.63) is 16.1 Å². The van der Waals surface area contributed by atoms with E-state index in [-0.39, 0.29) is 0 Å². The molecule has 0 spiro atoms. The fourth-order valence-electron chi connectivity index (χ4n) is 1.73. The van der Waals surface area contributed by atoms with E-state index in [1.165, 1.54) is 6.42 Å². The summed E-state index contributed by atoms with van der Waals surface area (Å²) in [5.74, 6) is 1.71. The first-order chi connectivity index (χ1) is 6.22. The average Bonchev–Trinajstić information content (AvgIpc) is 2.44. The van der Waals surface area contributed by atoms with E-state index >= 15 is 0 Å². The molecule has 0 radical (unpaired) electrons. The third-order valence-electron chi connectivity index (χ3n) is 2.48. The smallest absolute Gasteiger partial charge is 0.171 e. The van der Waals surface area contributed by atoms with Crippen LogP contribution in [-0.4, -0.2) is 15.8 Å². The average molecular weight is 243 g/mol. The van der Waals surface area contributed by atoms with Crippen molar-refractivity contribution in [1.29, 1.82) is 0 Å². The van der Waals surface area contributed by atoms with E-state index in [1.54, 1.807) is 0 Å². The van der Waals surface area contributed by atoms with Crippen LogP contribution < -0.4 is 0 Å². The Morgan fingerprint density at radius 2 is 2.46 bits per heavy atom. The second kappa shape index (κ2) is 3.25. The molecule has 2 heterocycles. The lowest BCUT2D eigenvalue weighted by Crippen LogP contribution is -2.18. The highest BCUT2D eigenvalue weighted by molar-refractivity contribution is 9.10. The van der Waals surface area contributed by atoms with Crippen LogP contribution in [-0.2, 0) is 13.0 Å². The van der Waals surface area contributed by atoms with Crippen molar-refractivity contribution in [3.8, 4) is 0 Å². The van der Waals surface area contributed by atoms with Crippen LogP contribution in [0.4, 0.5) is 0 Å². The highest BCUT2D eigenvalue weighted by Crippen LogP contribution is 2.25. The zero-order valence-corrected chi connectivity index (χ0v) is 9.04. The Labute approximate surface area is 85.3 Å². The molecule has 70 valence electrons. The summed E-state index contributed by atoms with van der Waals surface area (Å²) in [5, 5.41) is 0. The standard InChI is InChI=1S/C9H11BrN2O/c1-6-2-3-8-11-7(5-13)9(10)12(8)4-6/h5-6H,2-4H2,1H3. The van der Waals surface area contributed by atoms with E-state index < -0.39 is 0 Å². The minimum Gasteiger partial charge on any atom is -0.322 e. The van der Waals surface area contributed by atoms with Gasteiger partial charge < -0.3 is 4.57 Å². The number of hydrogen-bond donors (Lipinski definition) is 0. The lowest BCUT2D eigenvalue weighted by atomic mass is 10.0. The zero-order chi connectivity index (χ0) is 9.42. The Bertz CT molecular complexity index is 346. The second-order valence-corrected chi connectivity index (χ2v) is 4.33. The molecule has 1 aromatic rings. The molecule has 0 aliphatic carbocycles. The molecule has 4 heteroatoms. The van der Waals surface area contributed by atoms with E-state index in [0.29, 0.717) is 11.6 Å². The monoisotopic (exact) mass is 242 g/mol. The maximum Gasteiger partial charge on any atom is 0.171 e. The maximum atomic E-state index is 10.6. The van der Waals surface area contributed by atoms with Gasteiger partial charge in [0.25, 0.3) is 0 Å². The molecule has 1 aromatic heterocycles. The first-order valence-corrected chi connectivity index (χ1v) is 5.21. The molecule has 0 amide bonds. The third-order valence-corrected chi connectivity index (χ3v) is 3.31. The summed E-state index contributed by atoms with van der Waals surface area (Å²) in [5.41, 5.74) is 0.532. The van der Waals surface area contributed by atoms with E-state index in [1.807, 2.05) is 0 Å². The van der Waals surface area contributed by atoms with E-state index in [2.05, 4.69) is 32.4 Å². The molecule has 0 saturated carbocycles. The number of imidazole rings is 1. The normalized spacial score (nSPS) is 21.2. The summed E-state index contributed by atoms with van der Waals surface area (Å²) in [4.78, 5) is 14.9. The van der Waals surface area contributed by atoms with Crippen molar-refractivity contribution in [1.82, 2.24) is 9.55 Å². The van der Waals surface area contributed by atoms with Crippen LogP contribution in [0.1, 0.15) is 29.7 Å². The molecule has 1 aliphatic rings. The van der Waals surface area contributed by atoms with Crippen molar-refractivity contribution >= 4 is 22.2 Å². The lowest BCUT2D eigenvalue weighted by molar-refractivity contribution is 0.111.